The van der Waals surface area contributed by atoms with Gasteiger partial charge in [-0.2, -0.15) is 5.26 Å². The highest BCUT2D eigenvalue weighted by Gasteiger charge is 2.22. The Kier molecular flexibility index (Phi) is 7.12. The molecule has 1 aliphatic heterocycles. The molecule has 0 spiro atoms. The van der Waals surface area contributed by atoms with Gasteiger partial charge in [0.15, 0.2) is 0 Å². The van der Waals surface area contributed by atoms with Crippen LogP contribution in [0.2, 0.25) is 0 Å². The largest absolute Gasteiger partial charge is 0.494 e. The van der Waals surface area contributed by atoms with Crippen molar-refractivity contribution in [3.8, 4) is 11.8 Å². The van der Waals surface area contributed by atoms with Gasteiger partial charge in [-0.3, -0.25) is 10.1 Å². The Labute approximate surface area is 168 Å². The molecule has 2 aromatic rings. The first kappa shape index (κ1) is 20.0. The Bertz CT molecular complexity index is 864. The lowest BCUT2D eigenvalue weighted by atomic mass is 10.1. The maximum absolute atomic E-state index is 12.4. The molecule has 0 bridgehead atoms. The molecule has 28 heavy (non-hydrogen) atoms. The number of benzene rings is 1. The van der Waals surface area contributed by atoms with Crippen LogP contribution >= 0.6 is 11.3 Å². The van der Waals surface area contributed by atoms with Crippen molar-refractivity contribution < 1.29 is 14.3 Å². The van der Waals surface area contributed by atoms with Crippen molar-refractivity contribution in [2.24, 2.45) is 0 Å². The maximum atomic E-state index is 12.4. The van der Waals surface area contributed by atoms with Crippen LogP contribution in [0.25, 0.3) is 6.08 Å². The van der Waals surface area contributed by atoms with Crippen molar-refractivity contribution in [3.63, 3.8) is 0 Å². The number of ether oxygens (including phenoxy) is 2. The van der Waals surface area contributed by atoms with Crippen LogP contribution in [0, 0.1) is 11.3 Å². The number of aromatic nitrogens is 2. The molecule has 1 N–H and O–H groups in total. The van der Waals surface area contributed by atoms with Gasteiger partial charge in [0.05, 0.1) is 6.61 Å². The molecular weight excluding hydrogens is 376 g/mol. The van der Waals surface area contributed by atoms with E-state index in [2.05, 4.69) is 22.4 Å². The fourth-order valence-corrected chi connectivity index (χ4v) is 3.48. The molecule has 2 heterocycles. The van der Waals surface area contributed by atoms with Crippen molar-refractivity contribution in [2.75, 3.05) is 18.5 Å². The SMILES string of the molecule is CCCCOc1ccc(/C=C(\C#N)C(=O)Nc2nnc(C3CCCO3)s2)cc1. The van der Waals surface area contributed by atoms with Crippen LogP contribution in [0.4, 0.5) is 5.13 Å². The summed E-state index contributed by atoms with van der Waals surface area (Å²) < 4.78 is 11.2. The van der Waals surface area contributed by atoms with Crippen LogP contribution in [0.15, 0.2) is 29.8 Å². The lowest BCUT2D eigenvalue weighted by Gasteiger charge is -2.05. The molecule has 146 valence electrons. The quantitative estimate of drug-likeness (QED) is 0.408. The smallest absolute Gasteiger partial charge is 0.268 e. The van der Waals surface area contributed by atoms with E-state index in [1.165, 1.54) is 17.4 Å². The number of anilines is 1. The third-order valence-corrected chi connectivity index (χ3v) is 5.12. The van der Waals surface area contributed by atoms with Gasteiger partial charge in [-0.05, 0) is 43.0 Å². The topological polar surface area (TPSA) is 97.1 Å². The lowest BCUT2D eigenvalue weighted by Crippen LogP contribution is -2.13. The average Bonchev–Trinajstić information content (AvgIpc) is 3.39. The maximum Gasteiger partial charge on any atom is 0.268 e. The van der Waals surface area contributed by atoms with E-state index in [1.54, 1.807) is 0 Å². The zero-order valence-electron chi connectivity index (χ0n) is 15.7. The number of unbranched alkanes of at least 4 members (excludes halogenated alkanes) is 1. The molecule has 0 aliphatic carbocycles. The van der Waals surface area contributed by atoms with Crippen molar-refractivity contribution >= 4 is 28.5 Å². The van der Waals surface area contributed by atoms with Gasteiger partial charge in [0.2, 0.25) is 5.13 Å². The van der Waals surface area contributed by atoms with E-state index < -0.39 is 5.91 Å². The number of carbonyl (C=O) groups excluding carboxylic acids is 1. The predicted molar refractivity (Wildman–Crippen MR) is 107 cm³/mol. The fraction of sp³-hybridized carbons (Fsp3) is 0.400. The van der Waals surface area contributed by atoms with Gasteiger partial charge in [-0.1, -0.05) is 36.8 Å². The third kappa shape index (κ3) is 5.38. The minimum Gasteiger partial charge on any atom is -0.494 e. The summed E-state index contributed by atoms with van der Waals surface area (Å²) in [4.78, 5) is 12.4. The van der Waals surface area contributed by atoms with Crippen LogP contribution in [0.5, 0.6) is 5.75 Å². The summed E-state index contributed by atoms with van der Waals surface area (Å²) in [6.07, 6.45) is 5.46. The number of hydrogen-bond acceptors (Lipinski definition) is 7. The van der Waals surface area contributed by atoms with Gasteiger partial charge in [0, 0.05) is 6.61 Å². The van der Waals surface area contributed by atoms with Crippen molar-refractivity contribution in [3.05, 3.63) is 40.4 Å². The second kappa shape index (κ2) is 9.97. The molecule has 1 aromatic carbocycles. The van der Waals surface area contributed by atoms with Crippen LogP contribution < -0.4 is 10.1 Å². The first-order chi connectivity index (χ1) is 13.7. The van der Waals surface area contributed by atoms with Crippen molar-refractivity contribution in [2.45, 2.75) is 38.7 Å². The molecule has 0 radical (unpaired) electrons. The Balaban J connectivity index is 1.62. The standard InChI is InChI=1S/C20H22N4O3S/c1-2-3-10-26-16-8-6-14(7-9-16)12-15(13-21)18(25)22-20-24-23-19(28-20)17-5-4-11-27-17/h6-9,12,17H,2-5,10-11H2,1H3,(H,22,24,25)/b15-12+. The van der Waals surface area contributed by atoms with Crippen LogP contribution in [-0.2, 0) is 9.53 Å². The highest BCUT2D eigenvalue weighted by molar-refractivity contribution is 7.15. The normalized spacial score (nSPS) is 16.6. The van der Waals surface area contributed by atoms with E-state index in [0.717, 1.165) is 48.6 Å². The van der Waals surface area contributed by atoms with Crippen molar-refractivity contribution in [1.29, 1.82) is 5.26 Å². The number of carbonyl (C=O) groups is 1. The van der Waals surface area contributed by atoms with Gasteiger partial charge in [-0.15, -0.1) is 10.2 Å². The molecule has 1 saturated heterocycles. The van der Waals surface area contributed by atoms with E-state index in [-0.39, 0.29) is 11.7 Å². The summed E-state index contributed by atoms with van der Waals surface area (Å²) in [7, 11) is 0. The Morgan fingerprint density at radius 1 is 1.43 bits per heavy atom. The summed E-state index contributed by atoms with van der Waals surface area (Å²) >= 11 is 1.27. The highest BCUT2D eigenvalue weighted by Crippen LogP contribution is 2.32. The van der Waals surface area contributed by atoms with E-state index in [9.17, 15) is 10.1 Å². The molecule has 1 atom stereocenters. The third-order valence-electron chi connectivity index (χ3n) is 4.19. The van der Waals surface area contributed by atoms with E-state index in [4.69, 9.17) is 9.47 Å². The van der Waals surface area contributed by atoms with Crippen LogP contribution in [-0.4, -0.2) is 29.3 Å². The summed E-state index contributed by atoms with van der Waals surface area (Å²) in [5.74, 6) is 0.255. The van der Waals surface area contributed by atoms with Gasteiger partial charge in [0.25, 0.3) is 5.91 Å². The number of amides is 1. The Hall–Kier alpha value is -2.76. The summed E-state index contributed by atoms with van der Waals surface area (Å²) in [5, 5.41) is 21.1. The molecule has 1 fully saturated rings. The minimum atomic E-state index is -0.513. The number of nitrogens with one attached hydrogen (secondary N) is 1. The summed E-state index contributed by atoms with van der Waals surface area (Å²) in [6.45, 7) is 3.50. The molecule has 0 saturated carbocycles. The van der Waals surface area contributed by atoms with Crippen LogP contribution in [0.1, 0.15) is 49.3 Å². The zero-order chi connectivity index (χ0) is 19.8. The minimum absolute atomic E-state index is 0.00600. The Morgan fingerprint density at radius 3 is 2.93 bits per heavy atom. The Morgan fingerprint density at radius 2 is 2.25 bits per heavy atom. The van der Waals surface area contributed by atoms with Crippen molar-refractivity contribution in [1.82, 2.24) is 10.2 Å². The molecule has 1 amide bonds. The summed E-state index contributed by atoms with van der Waals surface area (Å²) in [6, 6.07) is 9.22. The first-order valence-corrected chi connectivity index (χ1v) is 10.1. The van der Waals surface area contributed by atoms with E-state index in [0.29, 0.717) is 11.7 Å². The van der Waals surface area contributed by atoms with E-state index >= 15 is 0 Å². The fourth-order valence-electron chi connectivity index (χ4n) is 2.66. The molecule has 1 aliphatic rings. The monoisotopic (exact) mass is 398 g/mol. The molecule has 1 unspecified atom stereocenters. The molecular formula is C20H22N4O3S. The van der Waals surface area contributed by atoms with Crippen LogP contribution in [0.3, 0.4) is 0 Å². The predicted octanol–water partition coefficient (Wildman–Crippen LogP) is 4.11. The highest BCUT2D eigenvalue weighted by atomic mass is 32.1. The van der Waals surface area contributed by atoms with Gasteiger partial charge in [-0.25, -0.2) is 0 Å². The molecule has 3 rings (SSSR count). The number of nitrogens with zero attached hydrogens (tertiary/aromatic N) is 3. The number of hydrogen-bond donors (Lipinski definition) is 1. The zero-order valence-corrected chi connectivity index (χ0v) is 16.5. The molecule has 7 nitrogen and oxygen atoms in total. The summed E-state index contributed by atoms with van der Waals surface area (Å²) in [5.41, 5.74) is 0.736. The first-order valence-electron chi connectivity index (χ1n) is 9.30. The van der Waals surface area contributed by atoms with Gasteiger partial charge < -0.3 is 9.47 Å². The molecule has 1 aromatic heterocycles. The van der Waals surface area contributed by atoms with Gasteiger partial charge in [0.1, 0.15) is 28.5 Å². The molecule has 8 heteroatoms. The lowest BCUT2D eigenvalue weighted by molar-refractivity contribution is -0.112. The number of nitriles is 1. The van der Waals surface area contributed by atoms with E-state index in [1.807, 2.05) is 30.3 Å². The average molecular weight is 398 g/mol. The van der Waals surface area contributed by atoms with Gasteiger partial charge >= 0.3 is 0 Å². The second-order valence-corrected chi connectivity index (χ2v) is 7.35. The number of rotatable bonds is 8. The second-order valence-electron chi connectivity index (χ2n) is 6.34.